The first-order valence-electron chi connectivity index (χ1n) is 7.69. The van der Waals surface area contributed by atoms with Crippen LogP contribution in [0, 0.1) is 17.3 Å². The summed E-state index contributed by atoms with van der Waals surface area (Å²) in [4.78, 5) is 11.1. The van der Waals surface area contributed by atoms with Crippen LogP contribution in [-0.2, 0) is 9.53 Å². The normalized spacial score (nSPS) is 33.1. The average molecular weight is 274 g/mol. The molecule has 0 aromatic carbocycles. The van der Waals surface area contributed by atoms with Gasteiger partial charge in [0.15, 0.2) is 0 Å². The summed E-state index contributed by atoms with van der Waals surface area (Å²) in [6, 6.07) is 0. The molecule has 2 nitrogen and oxygen atoms in total. The molecule has 3 atom stereocenters. The molecule has 0 N–H and O–H groups in total. The minimum Gasteiger partial charge on any atom is -0.434 e. The molecule has 110 valence electrons. The standard InChI is InChI=1S/C18H26O2/c1-5-17(19)20-12-13(2)7-6-10-18(4)14(3)15-8-9-16(18)11-15/h6-7,12,15-16H,3,5,8-11H2,1-2,4H3/b7-6+,13-12+. The first-order chi connectivity index (χ1) is 9.47. The zero-order valence-electron chi connectivity index (χ0n) is 12.9. The molecular formula is C18H26O2. The van der Waals surface area contributed by atoms with Gasteiger partial charge >= 0.3 is 5.97 Å². The molecule has 2 aliphatic rings. The predicted octanol–water partition coefficient (Wildman–Crippen LogP) is 4.78. The highest BCUT2D eigenvalue weighted by Gasteiger charge is 2.49. The van der Waals surface area contributed by atoms with E-state index in [0.29, 0.717) is 6.42 Å². The van der Waals surface area contributed by atoms with E-state index in [-0.39, 0.29) is 11.4 Å². The third-order valence-corrected chi connectivity index (χ3v) is 5.15. The summed E-state index contributed by atoms with van der Waals surface area (Å²) in [6.45, 7) is 10.5. The van der Waals surface area contributed by atoms with Crippen molar-refractivity contribution >= 4 is 5.97 Å². The number of fused-ring (bicyclic) bond motifs is 2. The van der Waals surface area contributed by atoms with E-state index in [1.165, 1.54) is 24.8 Å². The summed E-state index contributed by atoms with van der Waals surface area (Å²) >= 11 is 0. The van der Waals surface area contributed by atoms with Crippen LogP contribution in [0.25, 0.3) is 0 Å². The Labute approximate surface area is 122 Å². The molecule has 0 heterocycles. The number of hydrogen-bond donors (Lipinski definition) is 0. The Morgan fingerprint density at radius 2 is 2.25 bits per heavy atom. The van der Waals surface area contributed by atoms with E-state index in [2.05, 4.69) is 19.6 Å². The van der Waals surface area contributed by atoms with Crippen LogP contribution >= 0.6 is 0 Å². The first kappa shape index (κ1) is 15.1. The molecule has 2 saturated carbocycles. The number of ether oxygens (including phenoxy) is 1. The second-order valence-corrected chi connectivity index (χ2v) is 6.46. The van der Waals surface area contributed by atoms with E-state index < -0.39 is 0 Å². The third kappa shape index (κ3) is 2.89. The van der Waals surface area contributed by atoms with Gasteiger partial charge in [-0.25, -0.2) is 0 Å². The highest BCUT2D eigenvalue weighted by atomic mass is 16.5. The summed E-state index contributed by atoms with van der Waals surface area (Å²) < 4.78 is 5.00. The van der Waals surface area contributed by atoms with E-state index in [1.807, 2.05) is 13.0 Å². The lowest BCUT2D eigenvalue weighted by Crippen LogP contribution is -2.25. The van der Waals surface area contributed by atoms with Crippen molar-refractivity contribution in [2.24, 2.45) is 17.3 Å². The van der Waals surface area contributed by atoms with Gasteiger partial charge in [-0.3, -0.25) is 4.79 Å². The van der Waals surface area contributed by atoms with Crippen LogP contribution < -0.4 is 0 Å². The molecule has 0 amide bonds. The highest BCUT2D eigenvalue weighted by Crippen LogP contribution is 2.60. The Hall–Kier alpha value is -1.31. The predicted molar refractivity (Wildman–Crippen MR) is 82.0 cm³/mol. The Morgan fingerprint density at radius 1 is 1.50 bits per heavy atom. The molecule has 20 heavy (non-hydrogen) atoms. The molecule has 2 heteroatoms. The molecule has 2 aliphatic carbocycles. The first-order valence-corrected chi connectivity index (χ1v) is 7.69. The fourth-order valence-corrected chi connectivity index (χ4v) is 3.67. The second-order valence-electron chi connectivity index (χ2n) is 6.46. The number of hydrogen-bond acceptors (Lipinski definition) is 2. The zero-order valence-corrected chi connectivity index (χ0v) is 12.9. The van der Waals surface area contributed by atoms with Crippen LogP contribution in [0.4, 0.5) is 0 Å². The van der Waals surface area contributed by atoms with Gasteiger partial charge in [-0.2, -0.15) is 0 Å². The lowest BCUT2D eigenvalue weighted by molar-refractivity contribution is -0.137. The van der Waals surface area contributed by atoms with Crippen molar-refractivity contribution < 1.29 is 9.53 Å². The van der Waals surface area contributed by atoms with Crippen molar-refractivity contribution in [2.75, 3.05) is 0 Å². The Morgan fingerprint density at radius 3 is 2.85 bits per heavy atom. The number of rotatable bonds is 5. The Bertz CT molecular complexity index is 458. The zero-order chi connectivity index (χ0) is 14.8. The molecule has 2 rings (SSSR count). The quantitative estimate of drug-likeness (QED) is 0.312. The molecule has 2 bridgehead atoms. The van der Waals surface area contributed by atoms with Gasteiger partial charge in [-0.05, 0) is 55.4 Å². The summed E-state index contributed by atoms with van der Waals surface area (Å²) in [7, 11) is 0. The molecule has 0 aliphatic heterocycles. The largest absolute Gasteiger partial charge is 0.434 e. The smallest absolute Gasteiger partial charge is 0.310 e. The lowest BCUT2D eigenvalue weighted by atomic mass is 9.69. The average Bonchev–Trinajstić information content (AvgIpc) is 3.00. The van der Waals surface area contributed by atoms with E-state index in [1.54, 1.807) is 13.2 Å². The summed E-state index contributed by atoms with van der Waals surface area (Å²) in [6.07, 6.45) is 11.3. The SMILES string of the molecule is C=C1C2CCC(C2)C1(C)C/C=C/C(C)=C/OC(=O)CC. The lowest BCUT2D eigenvalue weighted by Gasteiger charge is -2.35. The molecular weight excluding hydrogens is 248 g/mol. The number of carbonyl (C=O) groups is 1. The van der Waals surface area contributed by atoms with E-state index in [0.717, 1.165) is 23.8 Å². The van der Waals surface area contributed by atoms with Gasteiger partial charge in [0.25, 0.3) is 0 Å². The van der Waals surface area contributed by atoms with Gasteiger partial charge in [-0.15, -0.1) is 0 Å². The van der Waals surface area contributed by atoms with Crippen molar-refractivity contribution in [3.63, 3.8) is 0 Å². The fourth-order valence-electron chi connectivity index (χ4n) is 3.67. The van der Waals surface area contributed by atoms with E-state index >= 15 is 0 Å². The van der Waals surface area contributed by atoms with E-state index in [4.69, 9.17) is 4.74 Å². The van der Waals surface area contributed by atoms with Crippen LogP contribution in [-0.4, -0.2) is 5.97 Å². The van der Waals surface area contributed by atoms with Crippen molar-refractivity contribution in [1.82, 2.24) is 0 Å². The highest BCUT2D eigenvalue weighted by molar-refractivity contribution is 5.69. The number of carbonyl (C=O) groups excluding carboxylic acids is 1. The monoisotopic (exact) mass is 274 g/mol. The fraction of sp³-hybridized carbons (Fsp3) is 0.611. The van der Waals surface area contributed by atoms with Gasteiger partial charge in [0, 0.05) is 6.42 Å². The maximum absolute atomic E-state index is 11.1. The minimum absolute atomic E-state index is 0.189. The van der Waals surface area contributed by atoms with E-state index in [9.17, 15) is 4.79 Å². The topological polar surface area (TPSA) is 26.3 Å². The van der Waals surface area contributed by atoms with Gasteiger partial charge in [0.2, 0.25) is 0 Å². The summed E-state index contributed by atoms with van der Waals surface area (Å²) in [5.41, 5.74) is 2.71. The van der Waals surface area contributed by atoms with Crippen molar-refractivity contribution in [2.45, 2.75) is 52.9 Å². The Kier molecular flexibility index (Phi) is 4.52. The third-order valence-electron chi connectivity index (χ3n) is 5.15. The maximum Gasteiger partial charge on any atom is 0.310 e. The van der Waals surface area contributed by atoms with Gasteiger partial charge in [0.1, 0.15) is 0 Å². The van der Waals surface area contributed by atoms with Crippen molar-refractivity contribution in [1.29, 1.82) is 0 Å². The minimum atomic E-state index is -0.189. The molecule has 0 radical (unpaired) electrons. The van der Waals surface area contributed by atoms with Crippen LogP contribution in [0.3, 0.4) is 0 Å². The van der Waals surface area contributed by atoms with Crippen molar-refractivity contribution in [3.8, 4) is 0 Å². The molecule has 0 spiro atoms. The molecule has 2 fully saturated rings. The molecule has 0 aromatic heterocycles. The van der Waals surface area contributed by atoms with Crippen LogP contribution in [0.2, 0.25) is 0 Å². The number of allylic oxidation sites excluding steroid dienone is 4. The van der Waals surface area contributed by atoms with Gasteiger partial charge in [0.05, 0.1) is 6.26 Å². The van der Waals surface area contributed by atoms with Crippen molar-refractivity contribution in [3.05, 3.63) is 36.1 Å². The van der Waals surface area contributed by atoms with Crippen LogP contribution in [0.15, 0.2) is 36.1 Å². The second kappa shape index (κ2) is 5.99. The molecule has 0 saturated heterocycles. The van der Waals surface area contributed by atoms with Crippen LogP contribution in [0.5, 0.6) is 0 Å². The number of esters is 1. The summed E-state index contributed by atoms with van der Waals surface area (Å²) in [5.74, 6) is 1.39. The maximum atomic E-state index is 11.1. The molecule has 0 aromatic rings. The van der Waals surface area contributed by atoms with Gasteiger partial charge in [-0.1, -0.05) is 38.2 Å². The molecule has 3 unspecified atom stereocenters. The summed E-state index contributed by atoms with van der Waals surface area (Å²) in [5, 5.41) is 0. The van der Waals surface area contributed by atoms with Crippen LogP contribution in [0.1, 0.15) is 52.9 Å². The Balaban J connectivity index is 1.90. The van der Waals surface area contributed by atoms with Gasteiger partial charge < -0.3 is 4.74 Å².